The standard InChI is InChI=1S/C23H35N5O2/c1-16(29)27-14-12-18-19(15-27)25-23(26-22(18)24-2)20-9-5-6-13-28(20)21(30)11-10-17-7-3-4-8-17/h17,20H,3-15H2,1-2H3,(H,24,25,26). The van der Waals surface area contributed by atoms with Crippen LogP contribution in [0.4, 0.5) is 5.82 Å². The number of amides is 2. The van der Waals surface area contributed by atoms with Crippen LogP contribution in [0.5, 0.6) is 0 Å². The molecule has 0 radical (unpaired) electrons. The zero-order valence-electron chi connectivity index (χ0n) is 18.5. The first kappa shape index (κ1) is 21.1. The highest BCUT2D eigenvalue weighted by Crippen LogP contribution is 2.34. The van der Waals surface area contributed by atoms with Gasteiger partial charge in [-0.15, -0.1) is 0 Å². The maximum atomic E-state index is 13.1. The van der Waals surface area contributed by atoms with Crippen molar-refractivity contribution in [3.63, 3.8) is 0 Å². The van der Waals surface area contributed by atoms with Gasteiger partial charge >= 0.3 is 0 Å². The number of piperidine rings is 1. The van der Waals surface area contributed by atoms with E-state index in [9.17, 15) is 9.59 Å². The molecule has 2 fully saturated rings. The minimum atomic E-state index is -0.0556. The Morgan fingerprint density at radius 1 is 1.07 bits per heavy atom. The maximum absolute atomic E-state index is 13.1. The van der Waals surface area contributed by atoms with Crippen molar-refractivity contribution in [2.45, 2.75) is 83.7 Å². The summed E-state index contributed by atoms with van der Waals surface area (Å²) >= 11 is 0. The van der Waals surface area contributed by atoms with Gasteiger partial charge in [-0.1, -0.05) is 25.7 Å². The number of hydrogen-bond acceptors (Lipinski definition) is 5. The van der Waals surface area contributed by atoms with Gasteiger partial charge in [0, 0.05) is 39.0 Å². The fraction of sp³-hybridized carbons (Fsp3) is 0.739. The molecule has 2 amide bonds. The van der Waals surface area contributed by atoms with Crippen LogP contribution in [0.25, 0.3) is 0 Å². The lowest BCUT2D eigenvalue weighted by atomic mass is 9.97. The molecule has 1 aromatic rings. The molecule has 1 N–H and O–H groups in total. The molecule has 7 heteroatoms. The highest BCUT2D eigenvalue weighted by atomic mass is 16.2. The van der Waals surface area contributed by atoms with Crippen molar-refractivity contribution in [2.75, 3.05) is 25.5 Å². The second-order valence-electron chi connectivity index (χ2n) is 9.08. The Bertz CT molecular complexity index is 790. The lowest BCUT2D eigenvalue weighted by Gasteiger charge is -2.36. The molecule has 164 valence electrons. The molecule has 1 aromatic heterocycles. The average molecular weight is 414 g/mol. The van der Waals surface area contributed by atoms with Crippen LogP contribution >= 0.6 is 0 Å². The van der Waals surface area contributed by atoms with E-state index in [1.165, 1.54) is 25.7 Å². The summed E-state index contributed by atoms with van der Waals surface area (Å²) in [5.74, 6) is 2.64. The smallest absolute Gasteiger partial charge is 0.223 e. The SMILES string of the molecule is CNc1nc(C2CCCCN2C(=O)CCC2CCCC2)nc2c1CCN(C(C)=O)C2. The van der Waals surface area contributed by atoms with Gasteiger partial charge in [0.1, 0.15) is 5.82 Å². The van der Waals surface area contributed by atoms with Crippen molar-refractivity contribution in [3.05, 3.63) is 17.1 Å². The van der Waals surface area contributed by atoms with E-state index in [0.29, 0.717) is 19.5 Å². The molecule has 2 aliphatic heterocycles. The van der Waals surface area contributed by atoms with Gasteiger partial charge in [0.05, 0.1) is 18.3 Å². The molecular weight excluding hydrogens is 378 g/mol. The fourth-order valence-electron chi connectivity index (χ4n) is 5.34. The summed E-state index contributed by atoms with van der Waals surface area (Å²) in [6.07, 6.45) is 10.7. The second kappa shape index (κ2) is 9.31. The molecule has 1 saturated heterocycles. The normalized spacial score (nSPS) is 22.1. The number of fused-ring (bicyclic) bond motifs is 1. The molecular formula is C23H35N5O2. The van der Waals surface area contributed by atoms with E-state index in [1.54, 1.807) is 6.92 Å². The zero-order chi connectivity index (χ0) is 21.1. The van der Waals surface area contributed by atoms with Gasteiger partial charge in [0.25, 0.3) is 0 Å². The van der Waals surface area contributed by atoms with Gasteiger partial charge in [0.2, 0.25) is 11.8 Å². The largest absolute Gasteiger partial charge is 0.373 e. The Kier molecular flexibility index (Phi) is 6.54. The van der Waals surface area contributed by atoms with Crippen LogP contribution in [0, 0.1) is 5.92 Å². The van der Waals surface area contributed by atoms with E-state index in [1.807, 2.05) is 16.8 Å². The van der Waals surface area contributed by atoms with Gasteiger partial charge in [-0.25, -0.2) is 9.97 Å². The summed E-state index contributed by atoms with van der Waals surface area (Å²) in [5.41, 5.74) is 2.03. The van der Waals surface area contributed by atoms with E-state index in [4.69, 9.17) is 9.97 Å². The molecule has 0 bridgehead atoms. The van der Waals surface area contributed by atoms with Crippen LogP contribution in [0.15, 0.2) is 0 Å². The van der Waals surface area contributed by atoms with Gasteiger partial charge in [-0.05, 0) is 38.0 Å². The number of rotatable bonds is 5. The molecule has 7 nitrogen and oxygen atoms in total. The minimum absolute atomic E-state index is 0.0556. The maximum Gasteiger partial charge on any atom is 0.223 e. The third-order valence-electron chi connectivity index (χ3n) is 7.13. The van der Waals surface area contributed by atoms with E-state index in [0.717, 1.165) is 67.5 Å². The zero-order valence-corrected chi connectivity index (χ0v) is 18.5. The molecule has 3 heterocycles. The van der Waals surface area contributed by atoms with Crippen LogP contribution in [-0.4, -0.2) is 51.7 Å². The predicted octanol–water partition coefficient (Wildman–Crippen LogP) is 3.45. The van der Waals surface area contributed by atoms with Gasteiger partial charge in [-0.3, -0.25) is 9.59 Å². The molecule has 0 spiro atoms. The lowest BCUT2D eigenvalue weighted by Crippen LogP contribution is -2.40. The average Bonchev–Trinajstić information content (AvgIpc) is 3.30. The van der Waals surface area contributed by atoms with Crippen LogP contribution in [-0.2, 0) is 22.6 Å². The summed E-state index contributed by atoms with van der Waals surface area (Å²) in [6.45, 7) is 3.63. The first-order valence-corrected chi connectivity index (χ1v) is 11.7. The Morgan fingerprint density at radius 3 is 2.57 bits per heavy atom. The second-order valence-corrected chi connectivity index (χ2v) is 9.08. The first-order chi connectivity index (χ1) is 14.6. The van der Waals surface area contributed by atoms with Crippen molar-refractivity contribution < 1.29 is 9.59 Å². The van der Waals surface area contributed by atoms with Crippen molar-refractivity contribution >= 4 is 17.6 Å². The van der Waals surface area contributed by atoms with Crippen molar-refractivity contribution in [3.8, 4) is 0 Å². The van der Waals surface area contributed by atoms with Crippen molar-refractivity contribution in [1.29, 1.82) is 0 Å². The molecule has 1 aliphatic carbocycles. The third kappa shape index (κ3) is 4.44. The summed E-state index contributed by atoms with van der Waals surface area (Å²) in [6, 6.07) is -0.0556. The first-order valence-electron chi connectivity index (χ1n) is 11.7. The van der Waals surface area contributed by atoms with Crippen LogP contribution in [0.1, 0.15) is 87.8 Å². The van der Waals surface area contributed by atoms with Crippen molar-refractivity contribution in [1.82, 2.24) is 19.8 Å². The summed E-state index contributed by atoms with van der Waals surface area (Å²) in [4.78, 5) is 38.6. The lowest BCUT2D eigenvalue weighted by molar-refractivity contribution is -0.135. The Balaban J connectivity index is 1.55. The number of likely N-dealkylation sites (tertiary alicyclic amines) is 1. The number of carbonyl (C=O) groups excluding carboxylic acids is 2. The summed E-state index contributed by atoms with van der Waals surface area (Å²) in [5, 5.41) is 3.23. The minimum Gasteiger partial charge on any atom is -0.373 e. The summed E-state index contributed by atoms with van der Waals surface area (Å²) < 4.78 is 0. The van der Waals surface area contributed by atoms with E-state index in [2.05, 4.69) is 5.32 Å². The van der Waals surface area contributed by atoms with Crippen LogP contribution in [0.2, 0.25) is 0 Å². The van der Waals surface area contributed by atoms with Crippen LogP contribution in [0.3, 0.4) is 0 Å². The molecule has 0 aromatic carbocycles. The summed E-state index contributed by atoms with van der Waals surface area (Å²) in [7, 11) is 1.88. The topological polar surface area (TPSA) is 78.4 Å². The number of carbonyl (C=O) groups is 2. The third-order valence-corrected chi connectivity index (χ3v) is 7.13. The van der Waals surface area contributed by atoms with Gasteiger partial charge in [-0.2, -0.15) is 0 Å². The number of aromatic nitrogens is 2. The Morgan fingerprint density at radius 2 is 1.83 bits per heavy atom. The van der Waals surface area contributed by atoms with Crippen molar-refractivity contribution in [2.24, 2.45) is 5.92 Å². The fourth-order valence-corrected chi connectivity index (χ4v) is 5.34. The number of anilines is 1. The number of nitrogens with one attached hydrogen (secondary N) is 1. The Hall–Kier alpha value is -2.18. The molecule has 1 saturated carbocycles. The molecule has 30 heavy (non-hydrogen) atoms. The monoisotopic (exact) mass is 413 g/mol. The highest BCUT2D eigenvalue weighted by Gasteiger charge is 2.32. The molecule has 1 atom stereocenters. The van der Waals surface area contributed by atoms with E-state index in [-0.39, 0.29) is 17.9 Å². The molecule has 3 aliphatic rings. The number of nitrogens with zero attached hydrogens (tertiary/aromatic N) is 4. The predicted molar refractivity (Wildman–Crippen MR) is 116 cm³/mol. The molecule has 4 rings (SSSR count). The van der Waals surface area contributed by atoms with Gasteiger partial charge in [0.15, 0.2) is 5.82 Å². The Labute approximate surface area is 179 Å². The van der Waals surface area contributed by atoms with Crippen LogP contribution < -0.4 is 5.32 Å². The number of hydrogen-bond donors (Lipinski definition) is 1. The van der Waals surface area contributed by atoms with E-state index < -0.39 is 0 Å². The molecule has 1 unspecified atom stereocenters. The quantitative estimate of drug-likeness (QED) is 0.800. The van der Waals surface area contributed by atoms with E-state index >= 15 is 0 Å². The highest BCUT2D eigenvalue weighted by molar-refractivity contribution is 5.77. The van der Waals surface area contributed by atoms with Gasteiger partial charge < -0.3 is 15.1 Å².